The Morgan fingerprint density at radius 1 is 0.944 bits per heavy atom. The summed E-state index contributed by atoms with van der Waals surface area (Å²) in [5.41, 5.74) is 13.3. The maximum absolute atomic E-state index is 16.7. The number of aromatic amines is 1. The first-order valence-corrected chi connectivity index (χ1v) is 37.5. The Morgan fingerprint density at radius 3 is 2.63 bits per heavy atom. The number of anilines is 1. The van der Waals surface area contributed by atoms with Crippen LogP contribution in [-0.4, -0.2) is 78.9 Å². The van der Waals surface area contributed by atoms with Gasteiger partial charge in [0.25, 0.3) is 0 Å². The molecule has 8 N–H and O–H groups in total. The van der Waals surface area contributed by atoms with Gasteiger partial charge >= 0.3 is 0 Å². The Kier molecular flexibility index (Phi) is 15.1. The molecule has 3 aromatic heterocycles. The topological polar surface area (TPSA) is 169 Å². The number of nitrogens with two attached hydrogens (primary N) is 1. The van der Waals surface area contributed by atoms with Gasteiger partial charge < -0.3 is 36.7 Å². The lowest BCUT2D eigenvalue weighted by atomic mass is 9.46. The van der Waals surface area contributed by atoms with E-state index in [9.17, 15) is 15.3 Å². The molecule has 15 atom stereocenters. The van der Waals surface area contributed by atoms with Crippen molar-refractivity contribution in [1.29, 1.82) is 0 Å². The van der Waals surface area contributed by atoms with Gasteiger partial charge in [-0.15, -0.1) is 28.6 Å². The van der Waals surface area contributed by atoms with Crippen LogP contribution in [0.5, 0.6) is 5.75 Å². The Balaban J connectivity index is 0.987. The van der Waals surface area contributed by atoms with E-state index >= 15 is 4.79 Å². The van der Waals surface area contributed by atoms with Gasteiger partial charge in [0.2, 0.25) is 0 Å². The summed E-state index contributed by atoms with van der Waals surface area (Å²) in [6.07, 6.45) is 27.1. The number of nitrogens with zero attached hydrogens (tertiary/aromatic N) is 2. The highest BCUT2D eigenvalue weighted by atomic mass is 33.1. The molecular formula is C76H82N6O4S4. The van der Waals surface area contributed by atoms with Crippen LogP contribution >= 0.6 is 44.3 Å². The average molecular weight is 1270 g/mol. The Morgan fingerprint density at radius 2 is 1.80 bits per heavy atom. The number of guanidine groups is 1. The van der Waals surface area contributed by atoms with E-state index in [4.69, 9.17) is 15.7 Å². The molecule has 6 aromatic rings. The number of phenolic OH excluding ortho intramolecular Hbond substituents is 1. The molecule has 464 valence electrons. The van der Waals surface area contributed by atoms with Crippen LogP contribution in [-0.2, 0) is 19.3 Å². The summed E-state index contributed by atoms with van der Waals surface area (Å²) in [6.45, 7) is 3.91. The number of Topliss-reactive ketones (excluding diaryl/α,β-unsaturated/α-hetero) is 1. The van der Waals surface area contributed by atoms with E-state index in [0.29, 0.717) is 30.8 Å². The van der Waals surface area contributed by atoms with Crippen molar-refractivity contribution in [3.63, 3.8) is 0 Å². The molecular weight excluding hydrogens is 1190 g/mol. The highest BCUT2D eigenvalue weighted by Crippen LogP contribution is 2.80. The van der Waals surface area contributed by atoms with E-state index < -0.39 is 33.3 Å². The lowest BCUT2D eigenvalue weighted by Crippen LogP contribution is -2.54. The number of rotatable bonds is 9. The van der Waals surface area contributed by atoms with E-state index in [2.05, 4.69) is 124 Å². The van der Waals surface area contributed by atoms with Crippen molar-refractivity contribution in [2.75, 3.05) is 23.4 Å². The van der Waals surface area contributed by atoms with Crippen LogP contribution in [0.4, 0.5) is 5.69 Å². The maximum Gasteiger partial charge on any atom is 0.189 e. The maximum atomic E-state index is 16.7. The fourth-order valence-electron chi connectivity index (χ4n) is 20.6. The number of phenols is 1. The van der Waals surface area contributed by atoms with E-state index in [1.807, 2.05) is 66.2 Å². The quantitative estimate of drug-likeness (QED) is 0.0185. The smallest absolute Gasteiger partial charge is 0.189 e. The van der Waals surface area contributed by atoms with Gasteiger partial charge in [-0.2, -0.15) is 0 Å². The fraction of sp³-hybridized carbons (Fsp3) is 0.487. The van der Waals surface area contributed by atoms with Crippen molar-refractivity contribution in [3.05, 3.63) is 164 Å². The molecule has 3 aliphatic heterocycles. The number of aromatic hydroxyl groups is 1. The summed E-state index contributed by atoms with van der Waals surface area (Å²) in [5.74, 6) is 17.0. The largest absolute Gasteiger partial charge is 0.507 e. The molecule has 0 amide bonds. The molecule has 6 heterocycles. The number of aliphatic hydroxyl groups is 2. The lowest BCUT2D eigenvalue weighted by molar-refractivity contribution is -0.0343. The summed E-state index contributed by atoms with van der Waals surface area (Å²) in [6, 6.07) is 27.9. The van der Waals surface area contributed by atoms with E-state index in [0.717, 1.165) is 136 Å². The van der Waals surface area contributed by atoms with E-state index in [-0.39, 0.29) is 77.6 Å². The normalized spacial score (nSPS) is 35.3. The third kappa shape index (κ3) is 9.59. The number of aromatic nitrogens is 2. The van der Waals surface area contributed by atoms with Crippen molar-refractivity contribution in [1.82, 2.24) is 15.3 Å². The van der Waals surface area contributed by atoms with Gasteiger partial charge in [-0.1, -0.05) is 138 Å². The minimum absolute atomic E-state index is 0.0423. The van der Waals surface area contributed by atoms with Crippen LogP contribution < -0.4 is 16.4 Å². The molecule has 90 heavy (non-hydrogen) atoms. The molecule has 4 saturated carbocycles. The number of ketones is 1. The van der Waals surface area contributed by atoms with Crippen molar-refractivity contribution in [3.8, 4) is 39.2 Å². The molecule has 14 heteroatoms. The minimum atomic E-state index is -1.29. The van der Waals surface area contributed by atoms with Crippen LogP contribution in [0.2, 0.25) is 0 Å². The number of thiophene rings is 2. The Bertz CT molecular complexity index is 4010. The number of aliphatic imine (C=N–C) groups is 1. The van der Waals surface area contributed by atoms with Gasteiger partial charge in [0.15, 0.2) is 11.7 Å². The Hall–Kier alpha value is -5.97. The third-order valence-corrected chi connectivity index (χ3v) is 29.4. The number of benzene rings is 3. The van der Waals surface area contributed by atoms with E-state index in [1.165, 1.54) is 23.1 Å². The number of allylic oxidation sites excluding steroid dienone is 1. The predicted octanol–water partition coefficient (Wildman–Crippen LogP) is 14.7. The predicted molar refractivity (Wildman–Crippen MR) is 368 cm³/mol. The van der Waals surface area contributed by atoms with Crippen molar-refractivity contribution in [2.24, 2.45) is 67.9 Å². The second-order valence-electron chi connectivity index (χ2n) is 29.0. The van der Waals surface area contributed by atoms with Crippen LogP contribution in [0.15, 0.2) is 115 Å². The minimum Gasteiger partial charge on any atom is -0.507 e. The molecule has 7 aliphatic carbocycles. The SMILES string of the molecule is CC#Cc1ccc(-c2ccc(C(=O)[C@@H]3CC[C@]45C=C[C@@H]6[C@H]7[C@@H]8C#Cc9c(cc(O)c%10c9N[C@H](C=C%10)[C@@](C)(O)Cc9cccc%10c9[C@H](c9cnc[nH]9)C[C@H]([C@H](Cc9ccccc9)CSSC[C@]9(CO)CCC[C@]79C[C@@]63C4)[C@H]%108)C[C@@H]5N=C(N)NC3CCCCC3)s2)s1. The monoisotopic (exact) mass is 1270 g/mol. The van der Waals surface area contributed by atoms with Crippen LogP contribution in [0.25, 0.3) is 15.8 Å². The second kappa shape index (κ2) is 22.9. The number of carbonyl (C=O) groups is 1. The molecule has 3 spiro atoms. The second-order valence-corrected chi connectivity index (χ2v) is 33.7. The average Bonchev–Trinajstić information content (AvgIpc) is 1.48. The van der Waals surface area contributed by atoms with Gasteiger partial charge in [0, 0.05) is 85.7 Å². The number of nitrogens with one attached hydrogen (secondary N) is 3. The number of hydrogen-bond acceptors (Lipinski definition) is 11. The zero-order chi connectivity index (χ0) is 61.2. The molecule has 0 unspecified atom stereocenters. The first kappa shape index (κ1) is 59.1. The molecule has 5 fully saturated rings. The first-order valence-electron chi connectivity index (χ1n) is 33.3. The summed E-state index contributed by atoms with van der Waals surface area (Å²) in [4.78, 5) is 34.9. The number of H-pyrrole nitrogens is 1. The van der Waals surface area contributed by atoms with Gasteiger partial charge in [-0.3, -0.25) is 4.79 Å². The lowest BCUT2D eigenvalue weighted by Gasteiger charge is -2.57. The summed E-state index contributed by atoms with van der Waals surface area (Å²) < 4.78 is 0. The van der Waals surface area contributed by atoms with Crippen LogP contribution in [0.3, 0.4) is 0 Å². The standard InChI is InChI=1S/C76H82N6O4S4/c1-3-12-50-19-23-61(89-50)62-24-25-63(90-62)70(85)58-28-32-73-31-27-57-68-54-21-20-51-47(35-65(73)82-71(77)80-49-16-8-5-9-17-49)34-60(84)52-22-26-64(81-69(51)52)72(2,86)37-46-15-10-18-53-66(46)56(59-38-78-44-79-59)36-55(67(53)54)48(33-45-13-6-4-7-14-45)39-87-88-43-74(42-83)29-11-30-76(68,74)41-75(57,58)40-73/h4,6-7,10,13-15,18-19,22-27,31,34,38,44,48-49,54-58,64-65,67-68,81,83-84,86H,5,8-9,11,16-17,28-30,32-33,35-37,39-43H2,1-2H3,(H,78,79)(H3,77,80,82)/t48-,54-,55-,56+,57-,58+,64-,65+,67-,68-,72+,73-,74-,75+,76+/m1/s1. The summed E-state index contributed by atoms with van der Waals surface area (Å²) in [5, 5.41) is 46.4. The highest BCUT2D eigenvalue weighted by Gasteiger charge is 2.75. The molecule has 11 bridgehead atoms. The molecule has 3 aromatic carbocycles. The fourth-order valence-corrected chi connectivity index (χ4v) is 25.8. The van der Waals surface area contributed by atoms with E-state index in [1.54, 1.807) is 22.7 Å². The Labute approximate surface area is 546 Å². The van der Waals surface area contributed by atoms with Crippen LogP contribution in [0.1, 0.15) is 168 Å². The van der Waals surface area contributed by atoms with Crippen molar-refractivity contribution < 1.29 is 20.1 Å². The van der Waals surface area contributed by atoms with Gasteiger partial charge in [-0.05, 0) is 177 Å². The third-order valence-electron chi connectivity index (χ3n) is 24.4. The molecule has 1 saturated heterocycles. The van der Waals surface area contributed by atoms with Crippen molar-refractivity contribution in [2.45, 2.75) is 152 Å². The van der Waals surface area contributed by atoms with Gasteiger partial charge in [0.1, 0.15) is 5.75 Å². The number of hydrogen-bond donors (Lipinski definition) is 7. The first-order chi connectivity index (χ1) is 43.8. The number of fused-ring (bicyclic) bond motifs is 1. The number of carbonyl (C=O) groups excluding carboxylic acids is 1. The number of aliphatic hydroxyl groups excluding tert-OH is 1. The molecule has 10 nitrogen and oxygen atoms in total. The van der Waals surface area contributed by atoms with Crippen LogP contribution in [0, 0.1) is 80.8 Å². The molecule has 10 aliphatic rings. The highest BCUT2D eigenvalue weighted by molar-refractivity contribution is 8.76. The number of imidazole rings is 1. The summed E-state index contributed by atoms with van der Waals surface area (Å²) >= 11 is 3.32. The molecule has 16 rings (SSSR count). The van der Waals surface area contributed by atoms with Crippen molar-refractivity contribution >= 4 is 67.8 Å². The molecule has 0 radical (unpaired) electrons. The zero-order valence-corrected chi connectivity index (χ0v) is 54.9. The van der Waals surface area contributed by atoms with Gasteiger partial charge in [-0.25, -0.2) is 9.98 Å². The zero-order valence-electron chi connectivity index (χ0n) is 51.6. The summed E-state index contributed by atoms with van der Waals surface area (Å²) in [7, 11) is 4.00. The van der Waals surface area contributed by atoms with Gasteiger partial charge in [0.05, 0.1) is 51.6 Å².